The van der Waals surface area contributed by atoms with Crippen molar-refractivity contribution in [2.45, 2.75) is 25.7 Å². The van der Waals surface area contributed by atoms with Gasteiger partial charge in [-0.25, -0.2) is 0 Å². The van der Waals surface area contributed by atoms with Gasteiger partial charge in [-0.3, -0.25) is 0 Å². The molecule has 1 atom stereocenters. The molecule has 1 aliphatic heterocycles. The average molecular weight is 211 g/mol. The Morgan fingerprint density at radius 3 is 2.94 bits per heavy atom. The summed E-state index contributed by atoms with van der Waals surface area (Å²) in [5.41, 5.74) is 4.52. The highest BCUT2D eigenvalue weighted by molar-refractivity contribution is 5.71. The van der Waals surface area contributed by atoms with Crippen LogP contribution < -0.4 is 4.90 Å². The van der Waals surface area contributed by atoms with Gasteiger partial charge >= 0.3 is 0 Å². The van der Waals surface area contributed by atoms with Crippen LogP contribution in [0.25, 0.3) is 0 Å². The first-order valence-electron chi connectivity index (χ1n) is 6.02. The van der Waals surface area contributed by atoms with E-state index in [-0.39, 0.29) is 5.41 Å². The molecule has 2 aliphatic rings. The maximum absolute atomic E-state index is 2.44. The standard InChI is InChI=1S/C15H17N/c1-3-16-13-9-5-4-8-12(13)15(2)11-7-6-10-14(15)16/h4-10H,3,11H2,1-2H3. The van der Waals surface area contributed by atoms with E-state index in [2.05, 4.69) is 61.2 Å². The Hall–Kier alpha value is -1.50. The zero-order valence-corrected chi connectivity index (χ0v) is 9.90. The predicted molar refractivity (Wildman–Crippen MR) is 68.7 cm³/mol. The summed E-state index contributed by atoms with van der Waals surface area (Å²) >= 11 is 0. The van der Waals surface area contributed by atoms with Crippen LogP contribution in [-0.4, -0.2) is 6.54 Å². The summed E-state index contributed by atoms with van der Waals surface area (Å²) in [6.07, 6.45) is 7.85. The number of nitrogens with zero attached hydrogens (tertiary/aromatic N) is 1. The molecule has 82 valence electrons. The second-order valence-electron chi connectivity index (χ2n) is 4.78. The Morgan fingerprint density at radius 1 is 1.31 bits per heavy atom. The van der Waals surface area contributed by atoms with Crippen LogP contribution in [0.1, 0.15) is 25.8 Å². The van der Waals surface area contributed by atoms with Crippen LogP contribution >= 0.6 is 0 Å². The molecule has 16 heavy (non-hydrogen) atoms. The SMILES string of the molecule is CCN1C2=CC=CCC2(C)c2ccccc21. The van der Waals surface area contributed by atoms with E-state index in [4.69, 9.17) is 0 Å². The van der Waals surface area contributed by atoms with Gasteiger partial charge in [0, 0.05) is 23.3 Å². The van der Waals surface area contributed by atoms with Gasteiger partial charge in [0.15, 0.2) is 0 Å². The Balaban J connectivity index is 2.25. The molecule has 0 saturated carbocycles. The van der Waals surface area contributed by atoms with Crippen LogP contribution in [-0.2, 0) is 5.41 Å². The van der Waals surface area contributed by atoms with Gasteiger partial charge in [-0.15, -0.1) is 0 Å². The van der Waals surface area contributed by atoms with Crippen molar-refractivity contribution in [3.05, 3.63) is 53.8 Å². The molecule has 1 unspecified atom stereocenters. The van der Waals surface area contributed by atoms with Crippen molar-refractivity contribution >= 4 is 5.69 Å². The minimum atomic E-state index is 0.196. The van der Waals surface area contributed by atoms with E-state index in [1.54, 1.807) is 0 Å². The zero-order chi connectivity index (χ0) is 11.2. The lowest BCUT2D eigenvalue weighted by atomic mass is 9.77. The van der Waals surface area contributed by atoms with E-state index in [1.165, 1.54) is 16.9 Å². The minimum Gasteiger partial charge on any atom is -0.344 e. The summed E-state index contributed by atoms with van der Waals surface area (Å²) < 4.78 is 0. The lowest BCUT2D eigenvalue weighted by molar-refractivity contribution is 0.570. The van der Waals surface area contributed by atoms with E-state index in [1.807, 2.05) is 0 Å². The summed E-state index contributed by atoms with van der Waals surface area (Å²) in [5, 5.41) is 0. The number of rotatable bonds is 1. The van der Waals surface area contributed by atoms with Gasteiger partial charge in [0.1, 0.15) is 0 Å². The molecule has 1 heteroatoms. The van der Waals surface area contributed by atoms with Gasteiger partial charge in [-0.1, -0.05) is 30.4 Å². The molecule has 0 amide bonds. The highest BCUT2D eigenvalue weighted by atomic mass is 15.2. The van der Waals surface area contributed by atoms with Gasteiger partial charge < -0.3 is 4.90 Å². The number of benzene rings is 1. The maximum Gasteiger partial charge on any atom is 0.0450 e. The van der Waals surface area contributed by atoms with Crippen LogP contribution in [0, 0.1) is 0 Å². The summed E-state index contributed by atoms with van der Waals surface area (Å²) in [4.78, 5) is 2.44. The molecule has 0 N–H and O–H groups in total. The minimum absolute atomic E-state index is 0.196. The number of para-hydroxylation sites is 1. The van der Waals surface area contributed by atoms with Crippen LogP contribution in [0.2, 0.25) is 0 Å². The maximum atomic E-state index is 2.44. The van der Waals surface area contributed by atoms with Crippen molar-refractivity contribution in [3.63, 3.8) is 0 Å². The number of allylic oxidation sites excluding steroid dienone is 4. The van der Waals surface area contributed by atoms with E-state index in [0.29, 0.717) is 0 Å². The van der Waals surface area contributed by atoms with Gasteiger partial charge in [-0.2, -0.15) is 0 Å². The smallest absolute Gasteiger partial charge is 0.0450 e. The number of fused-ring (bicyclic) bond motifs is 3. The third-order valence-corrected chi connectivity index (χ3v) is 3.88. The molecule has 0 radical (unpaired) electrons. The molecular weight excluding hydrogens is 194 g/mol. The summed E-state index contributed by atoms with van der Waals surface area (Å²) in [5.74, 6) is 0. The average Bonchev–Trinajstić information content (AvgIpc) is 2.58. The second kappa shape index (κ2) is 3.24. The number of hydrogen-bond donors (Lipinski definition) is 0. The van der Waals surface area contributed by atoms with Crippen molar-refractivity contribution < 1.29 is 0 Å². The van der Waals surface area contributed by atoms with Crippen LogP contribution in [0.4, 0.5) is 5.69 Å². The molecule has 1 aromatic carbocycles. The van der Waals surface area contributed by atoms with Gasteiger partial charge in [0.05, 0.1) is 0 Å². The first-order chi connectivity index (χ1) is 7.77. The van der Waals surface area contributed by atoms with Crippen molar-refractivity contribution in [2.24, 2.45) is 0 Å². The van der Waals surface area contributed by atoms with Crippen molar-refractivity contribution in [2.75, 3.05) is 11.4 Å². The Morgan fingerprint density at radius 2 is 2.12 bits per heavy atom. The molecule has 0 aromatic heterocycles. The molecule has 1 nitrogen and oxygen atoms in total. The molecular formula is C15H17N. The number of likely N-dealkylation sites (N-methyl/N-ethyl adjacent to an activating group) is 1. The van der Waals surface area contributed by atoms with Crippen LogP contribution in [0.15, 0.2) is 48.2 Å². The van der Waals surface area contributed by atoms with E-state index in [9.17, 15) is 0 Å². The summed E-state index contributed by atoms with van der Waals surface area (Å²) in [6.45, 7) is 5.63. The van der Waals surface area contributed by atoms with Gasteiger partial charge in [0.25, 0.3) is 0 Å². The molecule has 0 fully saturated rings. The largest absolute Gasteiger partial charge is 0.344 e. The highest BCUT2D eigenvalue weighted by Crippen LogP contribution is 2.50. The van der Waals surface area contributed by atoms with Crippen LogP contribution in [0.5, 0.6) is 0 Å². The van der Waals surface area contributed by atoms with Crippen molar-refractivity contribution in [1.29, 1.82) is 0 Å². The van der Waals surface area contributed by atoms with E-state index >= 15 is 0 Å². The van der Waals surface area contributed by atoms with Gasteiger partial charge in [-0.05, 0) is 38.0 Å². The second-order valence-corrected chi connectivity index (χ2v) is 4.78. The zero-order valence-electron chi connectivity index (χ0n) is 9.90. The summed E-state index contributed by atoms with van der Waals surface area (Å²) in [7, 11) is 0. The lowest BCUT2D eigenvalue weighted by Crippen LogP contribution is -2.29. The fourth-order valence-electron chi connectivity index (χ4n) is 3.03. The van der Waals surface area contributed by atoms with E-state index < -0.39 is 0 Å². The Kier molecular flexibility index (Phi) is 1.97. The first-order valence-corrected chi connectivity index (χ1v) is 6.02. The lowest BCUT2D eigenvalue weighted by Gasteiger charge is -2.30. The normalized spacial score (nSPS) is 26.4. The predicted octanol–water partition coefficient (Wildman–Crippen LogP) is 3.63. The molecule has 1 heterocycles. The topological polar surface area (TPSA) is 3.24 Å². The molecule has 1 aliphatic carbocycles. The third kappa shape index (κ3) is 1.06. The molecule has 3 rings (SSSR count). The Bertz CT molecular complexity index is 484. The fourth-order valence-corrected chi connectivity index (χ4v) is 3.03. The van der Waals surface area contributed by atoms with Gasteiger partial charge in [0.2, 0.25) is 0 Å². The van der Waals surface area contributed by atoms with Crippen molar-refractivity contribution in [1.82, 2.24) is 0 Å². The molecule has 0 bridgehead atoms. The Labute approximate surface area is 97.1 Å². The molecule has 0 spiro atoms. The number of anilines is 1. The summed E-state index contributed by atoms with van der Waals surface area (Å²) in [6, 6.07) is 8.80. The third-order valence-electron chi connectivity index (χ3n) is 3.88. The first kappa shape index (κ1) is 9.71. The molecule has 1 aromatic rings. The fraction of sp³-hybridized carbons (Fsp3) is 0.333. The van der Waals surface area contributed by atoms with E-state index in [0.717, 1.165) is 13.0 Å². The number of hydrogen-bond acceptors (Lipinski definition) is 1. The van der Waals surface area contributed by atoms with Crippen molar-refractivity contribution in [3.8, 4) is 0 Å². The monoisotopic (exact) mass is 211 g/mol. The highest BCUT2D eigenvalue weighted by Gasteiger charge is 2.42. The van der Waals surface area contributed by atoms with Crippen LogP contribution in [0.3, 0.4) is 0 Å². The quantitative estimate of drug-likeness (QED) is 0.685. The molecule has 0 saturated heterocycles.